The number of fused-ring (bicyclic) bond motifs is 1. The molecular weight excluding hydrogens is 306 g/mol. The van der Waals surface area contributed by atoms with Gasteiger partial charge in [0.25, 0.3) is 5.91 Å². The van der Waals surface area contributed by atoms with Gasteiger partial charge in [0.15, 0.2) is 6.61 Å². The quantitative estimate of drug-likeness (QED) is 0.882. The van der Waals surface area contributed by atoms with Crippen molar-refractivity contribution in [3.8, 4) is 5.75 Å². The molecule has 1 fully saturated rings. The van der Waals surface area contributed by atoms with E-state index in [-0.39, 0.29) is 37.0 Å². The van der Waals surface area contributed by atoms with E-state index in [0.29, 0.717) is 11.4 Å². The van der Waals surface area contributed by atoms with E-state index >= 15 is 0 Å². The lowest BCUT2D eigenvalue weighted by Crippen LogP contribution is -2.47. The molecule has 130 valence electrons. The zero-order valence-corrected chi connectivity index (χ0v) is 14.1. The summed E-state index contributed by atoms with van der Waals surface area (Å²) in [5.74, 6) is 0.293. The topological polar surface area (TPSA) is 84.7 Å². The van der Waals surface area contributed by atoms with Crippen LogP contribution in [0.4, 0.5) is 5.69 Å². The Morgan fingerprint density at radius 2 is 2.12 bits per heavy atom. The molecule has 2 aliphatic rings. The van der Waals surface area contributed by atoms with Gasteiger partial charge in [-0.1, -0.05) is 25.3 Å². The average molecular weight is 331 g/mol. The monoisotopic (exact) mass is 331 g/mol. The molecule has 24 heavy (non-hydrogen) atoms. The highest BCUT2D eigenvalue weighted by atomic mass is 16.5. The molecule has 0 spiro atoms. The maximum atomic E-state index is 12.4. The lowest BCUT2D eigenvalue weighted by Gasteiger charge is -2.30. The molecule has 1 aliphatic heterocycles. The summed E-state index contributed by atoms with van der Waals surface area (Å²) < 4.78 is 5.47. The summed E-state index contributed by atoms with van der Waals surface area (Å²) in [5, 5.41) is 3.06. The largest absolute Gasteiger partial charge is 0.482 e. The van der Waals surface area contributed by atoms with Crippen LogP contribution in [-0.4, -0.2) is 31.0 Å². The van der Waals surface area contributed by atoms with Crippen LogP contribution in [0.5, 0.6) is 5.75 Å². The third kappa shape index (κ3) is 3.70. The van der Waals surface area contributed by atoms with Crippen molar-refractivity contribution in [3.05, 3.63) is 23.8 Å². The minimum Gasteiger partial charge on any atom is -0.482 e. The van der Waals surface area contributed by atoms with Crippen molar-refractivity contribution in [1.29, 1.82) is 0 Å². The molecule has 6 heteroatoms. The third-order valence-electron chi connectivity index (χ3n) is 4.72. The minimum atomic E-state index is -0.205. The van der Waals surface area contributed by atoms with Gasteiger partial charge in [-0.05, 0) is 37.5 Å². The van der Waals surface area contributed by atoms with Crippen molar-refractivity contribution in [3.63, 3.8) is 0 Å². The summed E-state index contributed by atoms with van der Waals surface area (Å²) in [6.07, 6.45) is 5.59. The van der Waals surface area contributed by atoms with Gasteiger partial charge in [-0.2, -0.15) is 0 Å². The number of nitrogens with two attached hydrogens (primary N) is 1. The SMILES string of the molecule is C[C@@H](N)c1ccc2c(c1)N(CC(=O)NC1CCCCC1)C(=O)CO2. The van der Waals surface area contributed by atoms with Crippen LogP contribution < -0.4 is 20.7 Å². The third-order valence-corrected chi connectivity index (χ3v) is 4.72. The smallest absolute Gasteiger partial charge is 0.265 e. The highest BCUT2D eigenvalue weighted by Gasteiger charge is 2.28. The summed E-state index contributed by atoms with van der Waals surface area (Å²) >= 11 is 0. The van der Waals surface area contributed by atoms with Crippen LogP contribution in [0.2, 0.25) is 0 Å². The van der Waals surface area contributed by atoms with E-state index in [0.717, 1.165) is 31.2 Å². The number of hydrogen-bond acceptors (Lipinski definition) is 4. The summed E-state index contributed by atoms with van der Waals surface area (Å²) in [7, 11) is 0. The van der Waals surface area contributed by atoms with Crippen LogP contribution in [0.15, 0.2) is 18.2 Å². The Morgan fingerprint density at radius 1 is 1.38 bits per heavy atom. The number of carbonyl (C=O) groups is 2. The molecule has 6 nitrogen and oxygen atoms in total. The van der Waals surface area contributed by atoms with Crippen molar-refractivity contribution in [2.45, 2.75) is 51.1 Å². The van der Waals surface area contributed by atoms with Crippen molar-refractivity contribution >= 4 is 17.5 Å². The second-order valence-electron chi connectivity index (χ2n) is 6.69. The standard InChI is InChI=1S/C18H25N3O3/c1-12(19)13-7-8-16-15(9-13)21(18(23)11-24-16)10-17(22)20-14-5-3-2-4-6-14/h7-9,12,14H,2-6,10-11,19H2,1H3,(H,20,22)/t12-/m1/s1. The van der Waals surface area contributed by atoms with Gasteiger partial charge in [-0.3, -0.25) is 14.5 Å². The highest BCUT2D eigenvalue weighted by Crippen LogP contribution is 2.34. The number of ether oxygens (including phenoxy) is 1. The Bertz CT molecular complexity index is 624. The summed E-state index contributed by atoms with van der Waals surface area (Å²) in [5.41, 5.74) is 7.46. The Morgan fingerprint density at radius 3 is 2.83 bits per heavy atom. The van der Waals surface area contributed by atoms with Crippen LogP contribution in [0.25, 0.3) is 0 Å². The Labute approximate surface area is 142 Å². The number of amides is 2. The van der Waals surface area contributed by atoms with Crippen molar-refractivity contribution < 1.29 is 14.3 Å². The normalized spacial score (nSPS) is 19.4. The number of nitrogens with zero attached hydrogens (tertiary/aromatic N) is 1. The molecule has 0 unspecified atom stereocenters. The zero-order chi connectivity index (χ0) is 17.1. The Kier molecular flexibility index (Phi) is 5.04. The Hall–Kier alpha value is -2.08. The summed E-state index contributed by atoms with van der Waals surface area (Å²) in [6, 6.07) is 5.62. The molecule has 0 radical (unpaired) electrons. The molecule has 1 aliphatic carbocycles. The maximum absolute atomic E-state index is 12.4. The van der Waals surface area contributed by atoms with Gasteiger partial charge in [-0.25, -0.2) is 0 Å². The van der Waals surface area contributed by atoms with Gasteiger partial charge in [0.05, 0.1) is 5.69 Å². The molecule has 1 saturated carbocycles. The molecule has 2 amide bonds. The van der Waals surface area contributed by atoms with Gasteiger partial charge < -0.3 is 15.8 Å². The molecule has 1 heterocycles. The van der Waals surface area contributed by atoms with Crippen LogP contribution in [0, 0.1) is 0 Å². The second-order valence-corrected chi connectivity index (χ2v) is 6.69. The number of benzene rings is 1. The van der Waals surface area contributed by atoms with E-state index in [1.54, 1.807) is 0 Å². The number of hydrogen-bond donors (Lipinski definition) is 2. The minimum absolute atomic E-state index is 0.0219. The predicted molar refractivity (Wildman–Crippen MR) is 91.9 cm³/mol. The van der Waals surface area contributed by atoms with Crippen molar-refractivity contribution in [1.82, 2.24) is 5.32 Å². The molecule has 0 aromatic heterocycles. The molecule has 1 aromatic carbocycles. The molecule has 0 saturated heterocycles. The van der Waals surface area contributed by atoms with Crippen molar-refractivity contribution in [2.24, 2.45) is 5.73 Å². The zero-order valence-electron chi connectivity index (χ0n) is 14.1. The fourth-order valence-electron chi connectivity index (χ4n) is 3.34. The number of rotatable bonds is 4. The van der Waals surface area contributed by atoms with Crippen molar-refractivity contribution in [2.75, 3.05) is 18.1 Å². The molecule has 1 atom stereocenters. The lowest BCUT2D eigenvalue weighted by atomic mass is 9.95. The first-order chi connectivity index (χ1) is 11.5. The fourth-order valence-corrected chi connectivity index (χ4v) is 3.34. The molecule has 3 N–H and O–H groups in total. The first kappa shape index (κ1) is 16.8. The highest BCUT2D eigenvalue weighted by molar-refractivity contribution is 6.02. The van der Waals surface area contributed by atoms with E-state index < -0.39 is 0 Å². The van der Waals surface area contributed by atoms with Crippen LogP contribution in [-0.2, 0) is 9.59 Å². The van der Waals surface area contributed by atoms with Gasteiger partial charge in [0.1, 0.15) is 12.3 Å². The predicted octanol–water partition coefficient (Wildman–Crippen LogP) is 1.88. The van der Waals surface area contributed by atoms with E-state index in [2.05, 4.69) is 5.32 Å². The molecule has 0 bridgehead atoms. The first-order valence-electron chi connectivity index (χ1n) is 8.66. The van der Waals surface area contributed by atoms with E-state index in [1.807, 2.05) is 25.1 Å². The maximum Gasteiger partial charge on any atom is 0.265 e. The molecule has 3 rings (SSSR count). The van der Waals surface area contributed by atoms with E-state index in [9.17, 15) is 9.59 Å². The Balaban J connectivity index is 1.74. The first-order valence-corrected chi connectivity index (χ1v) is 8.66. The molecular formula is C18H25N3O3. The van der Waals surface area contributed by atoms with E-state index in [4.69, 9.17) is 10.5 Å². The summed E-state index contributed by atoms with van der Waals surface area (Å²) in [6.45, 7) is 1.86. The van der Waals surface area contributed by atoms with Gasteiger partial charge in [0, 0.05) is 12.1 Å². The average Bonchev–Trinajstić information content (AvgIpc) is 2.58. The number of carbonyl (C=O) groups excluding carboxylic acids is 2. The van der Waals surface area contributed by atoms with Crippen LogP contribution >= 0.6 is 0 Å². The van der Waals surface area contributed by atoms with Gasteiger partial charge >= 0.3 is 0 Å². The lowest BCUT2D eigenvalue weighted by molar-refractivity contribution is -0.125. The second kappa shape index (κ2) is 7.21. The van der Waals surface area contributed by atoms with Crippen LogP contribution in [0.3, 0.4) is 0 Å². The molecule has 1 aromatic rings. The van der Waals surface area contributed by atoms with E-state index in [1.165, 1.54) is 11.3 Å². The fraction of sp³-hybridized carbons (Fsp3) is 0.556. The van der Waals surface area contributed by atoms with Gasteiger partial charge in [0.2, 0.25) is 5.91 Å². The summed E-state index contributed by atoms with van der Waals surface area (Å²) in [4.78, 5) is 26.1. The number of anilines is 1. The number of nitrogens with one attached hydrogen (secondary N) is 1. The van der Waals surface area contributed by atoms with Gasteiger partial charge in [-0.15, -0.1) is 0 Å². The van der Waals surface area contributed by atoms with Crippen LogP contribution in [0.1, 0.15) is 50.6 Å².